The molecule has 3 N–H and O–H groups in total. The SMILES string of the molecule is CC(C)(C)OC(=O)NNC(=O)c1ccc(CC(=O)NC[C@H]2CN(Cc3ccc(Cl)c(Cl)c3)CCO2)o1. The maximum Gasteiger partial charge on any atom is 0.426 e. The number of hydrazine groups is 1. The fourth-order valence-electron chi connectivity index (χ4n) is 3.46. The molecule has 1 aromatic heterocycles. The lowest BCUT2D eigenvalue weighted by atomic mass is 10.2. The topological polar surface area (TPSA) is 122 Å². The molecule has 10 nitrogen and oxygen atoms in total. The first kappa shape index (κ1) is 27.8. The first-order valence-corrected chi connectivity index (χ1v) is 12.2. The number of nitrogens with zero attached hydrogens (tertiary/aromatic N) is 1. The van der Waals surface area contributed by atoms with Crippen molar-refractivity contribution in [1.82, 2.24) is 21.1 Å². The normalized spacial score (nSPS) is 16.3. The number of rotatable bonds is 7. The van der Waals surface area contributed by atoms with E-state index in [0.29, 0.717) is 42.0 Å². The van der Waals surface area contributed by atoms with Crippen LogP contribution in [0.4, 0.5) is 4.79 Å². The van der Waals surface area contributed by atoms with Crippen molar-refractivity contribution in [3.63, 3.8) is 0 Å². The summed E-state index contributed by atoms with van der Waals surface area (Å²) in [6, 6.07) is 8.50. The highest BCUT2D eigenvalue weighted by molar-refractivity contribution is 6.42. The number of carbonyl (C=O) groups excluding carboxylic acids is 3. The standard InChI is InChI=1S/C24H30Cl2N4O6/c1-24(2,3)36-23(33)29-28-22(32)20-7-5-16(35-20)11-21(31)27-12-17-14-30(8-9-34-17)13-15-4-6-18(25)19(26)10-15/h4-7,10,17H,8-9,11-14H2,1-3H3,(H,27,31)(H,28,32)(H,29,33)/t17-/m0/s1. The molecule has 1 atom stereocenters. The lowest BCUT2D eigenvalue weighted by Crippen LogP contribution is -2.47. The zero-order valence-electron chi connectivity index (χ0n) is 20.4. The van der Waals surface area contributed by atoms with Crippen LogP contribution in [0, 0.1) is 0 Å². The minimum Gasteiger partial charge on any atom is -0.455 e. The molecule has 0 radical (unpaired) electrons. The summed E-state index contributed by atoms with van der Waals surface area (Å²) in [5.41, 5.74) is 4.67. The molecule has 1 fully saturated rings. The number of hydrogen-bond donors (Lipinski definition) is 3. The molecule has 0 spiro atoms. The van der Waals surface area contributed by atoms with E-state index in [4.69, 9.17) is 37.1 Å². The summed E-state index contributed by atoms with van der Waals surface area (Å²) < 4.78 is 16.2. The molecular weight excluding hydrogens is 511 g/mol. The number of carbonyl (C=O) groups is 3. The highest BCUT2D eigenvalue weighted by atomic mass is 35.5. The van der Waals surface area contributed by atoms with Gasteiger partial charge in [0.25, 0.3) is 0 Å². The first-order valence-electron chi connectivity index (χ1n) is 11.4. The van der Waals surface area contributed by atoms with Gasteiger partial charge < -0.3 is 19.2 Å². The van der Waals surface area contributed by atoms with E-state index in [1.54, 1.807) is 26.8 Å². The Hall–Kier alpha value is -2.79. The van der Waals surface area contributed by atoms with Crippen molar-refractivity contribution in [2.45, 2.75) is 45.4 Å². The molecule has 1 aliphatic rings. The number of halogens is 2. The Morgan fingerprint density at radius 3 is 2.61 bits per heavy atom. The van der Waals surface area contributed by atoms with Crippen molar-refractivity contribution in [3.05, 3.63) is 57.5 Å². The predicted molar refractivity (Wildman–Crippen MR) is 134 cm³/mol. The summed E-state index contributed by atoms with van der Waals surface area (Å²) in [6.07, 6.45) is -1.02. The lowest BCUT2D eigenvalue weighted by Gasteiger charge is -2.33. The van der Waals surface area contributed by atoms with Gasteiger partial charge in [-0.25, -0.2) is 10.2 Å². The minimum atomic E-state index is -0.803. The number of nitrogens with one attached hydrogen (secondary N) is 3. The molecule has 0 bridgehead atoms. The number of furan rings is 1. The van der Waals surface area contributed by atoms with Crippen molar-refractivity contribution in [2.75, 3.05) is 26.2 Å². The summed E-state index contributed by atoms with van der Waals surface area (Å²) in [4.78, 5) is 38.4. The lowest BCUT2D eigenvalue weighted by molar-refractivity contribution is -0.122. The molecule has 2 heterocycles. The van der Waals surface area contributed by atoms with Crippen LogP contribution in [0.3, 0.4) is 0 Å². The number of ether oxygens (including phenoxy) is 2. The van der Waals surface area contributed by atoms with Gasteiger partial charge in [0.05, 0.1) is 29.2 Å². The Balaban J connectivity index is 1.40. The van der Waals surface area contributed by atoms with Crippen LogP contribution in [0.25, 0.3) is 0 Å². The smallest absolute Gasteiger partial charge is 0.426 e. The second-order valence-corrected chi connectivity index (χ2v) is 10.1. The fraction of sp³-hybridized carbons (Fsp3) is 0.458. The third-order valence-electron chi connectivity index (χ3n) is 5.04. The average molecular weight is 541 g/mol. The molecule has 3 rings (SSSR count). The van der Waals surface area contributed by atoms with Crippen LogP contribution < -0.4 is 16.2 Å². The number of benzene rings is 1. The molecule has 196 valence electrons. The van der Waals surface area contributed by atoms with Gasteiger partial charge in [-0.3, -0.25) is 19.9 Å². The molecule has 1 aliphatic heterocycles. The van der Waals surface area contributed by atoms with Crippen molar-refractivity contribution in [2.24, 2.45) is 0 Å². The third-order valence-corrected chi connectivity index (χ3v) is 5.78. The summed E-state index contributed by atoms with van der Waals surface area (Å²) in [5.74, 6) is -0.693. The fourth-order valence-corrected chi connectivity index (χ4v) is 3.78. The Bertz CT molecular complexity index is 1080. The van der Waals surface area contributed by atoms with Crippen LogP contribution in [-0.2, 0) is 27.2 Å². The molecule has 1 aromatic carbocycles. The van der Waals surface area contributed by atoms with Crippen LogP contribution in [0.2, 0.25) is 10.0 Å². The van der Waals surface area contributed by atoms with Gasteiger partial charge in [-0.2, -0.15) is 0 Å². The molecule has 3 amide bonds. The molecule has 1 saturated heterocycles. The van der Waals surface area contributed by atoms with E-state index in [1.165, 1.54) is 12.1 Å². The maximum absolute atomic E-state index is 12.4. The first-order chi connectivity index (χ1) is 17.0. The molecule has 0 saturated carbocycles. The van der Waals surface area contributed by atoms with Gasteiger partial charge in [-0.05, 0) is 50.6 Å². The van der Waals surface area contributed by atoms with E-state index in [0.717, 1.165) is 12.1 Å². The quantitative estimate of drug-likeness (QED) is 0.460. The summed E-state index contributed by atoms with van der Waals surface area (Å²) in [6.45, 7) is 8.11. The maximum atomic E-state index is 12.4. The number of morpholine rings is 1. The highest BCUT2D eigenvalue weighted by Crippen LogP contribution is 2.23. The number of hydrogen-bond acceptors (Lipinski definition) is 7. The molecule has 0 unspecified atom stereocenters. The van der Waals surface area contributed by atoms with E-state index < -0.39 is 17.6 Å². The van der Waals surface area contributed by atoms with Gasteiger partial charge >= 0.3 is 12.0 Å². The second-order valence-electron chi connectivity index (χ2n) is 9.30. The molecular formula is C24H30Cl2N4O6. The number of amides is 3. The van der Waals surface area contributed by atoms with Gasteiger partial charge in [-0.15, -0.1) is 0 Å². The van der Waals surface area contributed by atoms with Crippen LogP contribution in [0.15, 0.2) is 34.7 Å². The van der Waals surface area contributed by atoms with E-state index in [9.17, 15) is 14.4 Å². The molecule has 36 heavy (non-hydrogen) atoms. The van der Waals surface area contributed by atoms with Crippen LogP contribution in [0.1, 0.15) is 42.6 Å². The van der Waals surface area contributed by atoms with Crippen molar-refractivity contribution >= 4 is 41.1 Å². The van der Waals surface area contributed by atoms with Gasteiger partial charge in [0.2, 0.25) is 5.91 Å². The van der Waals surface area contributed by atoms with E-state index >= 15 is 0 Å². The van der Waals surface area contributed by atoms with E-state index in [1.807, 2.05) is 12.1 Å². The zero-order chi connectivity index (χ0) is 26.3. The summed E-state index contributed by atoms with van der Waals surface area (Å²) in [5, 5.41) is 3.87. The molecule has 0 aliphatic carbocycles. The predicted octanol–water partition coefficient (Wildman–Crippen LogP) is 3.32. The Labute approximate surface area is 219 Å². The van der Waals surface area contributed by atoms with Gasteiger partial charge in [0.1, 0.15) is 11.4 Å². The summed E-state index contributed by atoms with van der Waals surface area (Å²) >= 11 is 12.1. The van der Waals surface area contributed by atoms with Crippen molar-refractivity contribution in [1.29, 1.82) is 0 Å². The minimum absolute atomic E-state index is 0.0491. The van der Waals surface area contributed by atoms with E-state index in [-0.39, 0.29) is 24.2 Å². The van der Waals surface area contributed by atoms with Crippen LogP contribution >= 0.6 is 23.2 Å². The Morgan fingerprint density at radius 1 is 1.11 bits per heavy atom. The van der Waals surface area contributed by atoms with Crippen molar-refractivity contribution in [3.8, 4) is 0 Å². The van der Waals surface area contributed by atoms with Crippen LogP contribution in [-0.4, -0.2) is 60.8 Å². The van der Waals surface area contributed by atoms with E-state index in [2.05, 4.69) is 21.1 Å². The van der Waals surface area contributed by atoms with Gasteiger partial charge in [0, 0.05) is 26.2 Å². The largest absolute Gasteiger partial charge is 0.455 e. The van der Waals surface area contributed by atoms with Crippen LogP contribution in [0.5, 0.6) is 0 Å². The Morgan fingerprint density at radius 2 is 1.89 bits per heavy atom. The third kappa shape index (κ3) is 9.02. The zero-order valence-corrected chi connectivity index (χ0v) is 21.9. The van der Waals surface area contributed by atoms with Gasteiger partial charge in [-0.1, -0.05) is 29.3 Å². The van der Waals surface area contributed by atoms with Crippen molar-refractivity contribution < 1.29 is 28.3 Å². The Kier molecular flexibility index (Phi) is 9.61. The molecule has 12 heteroatoms. The monoisotopic (exact) mass is 540 g/mol. The van der Waals surface area contributed by atoms with Gasteiger partial charge in [0.15, 0.2) is 5.76 Å². The highest BCUT2D eigenvalue weighted by Gasteiger charge is 2.22. The molecule has 2 aromatic rings. The summed E-state index contributed by atoms with van der Waals surface area (Å²) in [7, 11) is 0. The average Bonchev–Trinajstić information content (AvgIpc) is 3.26. The second kappa shape index (κ2) is 12.4.